The Balaban J connectivity index is 1.36. The largest absolute Gasteiger partial charge is 0.496 e. The van der Waals surface area contributed by atoms with Crippen molar-refractivity contribution in [2.75, 3.05) is 44.8 Å². The van der Waals surface area contributed by atoms with Crippen molar-refractivity contribution in [3.63, 3.8) is 0 Å². The van der Waals surface area contributed by atoms with Crippen molar-refractivity contribution in [3.8, 4) is 17.2 Å². The summed E-state index contributed by atoms with van der Waals surface area (Å²) in [4.78, 5) is 26.1. The average molecular weight is 604 g/mol. The Morgan fingerprint density at radius 2 is 1.85 bits per heavy atom. The number of piperazine rings is 1. The molecule has 12 nitrogen and oxygen atoms in total. The van der Waals surface area contributed by atoms with Gasteiger partial charge in [0.25, 0.3) is 5.69 Å². The summed E-state index contributed by atoms with van der Waals surface area (Å²) in [5.41, 5.74) is 0.588. The van der Waals surface area contributed by atoms with E-state index in [4.69, 9.17) is 21.1 Å². The topological polar surface area (TPSA) is 137 Å². The summed E-state index contributed by atoms with van der Waals surface area (Å²) >= 11 is 6.14. The monoisotopic (exact) mass is 603 g/mol. The van der Waals surface area contributed by atoms with Crippen molar-refractivity contribution in [1.82, 2.24) is 14.1 Å². The second kappa shape index (κ2) is 11.3. The van der Waals surface area contributed by atoms with E-state index in [1.54, 1.807) is 30.5 Å². The molecule has 0 unspecified atom stereocenters. The van der Waals surface area contributed by atoms with Gasteiger partial charge in [-0.2, -0.15) is 14.1 Å². The third-order valence-electron chi connectivity index (χ3n) is 7.42. The van der Waals surface area contributed by atoms with E-state index in [1.807, 2.05) is 4.90 Å². The minimum Gasteiger partial charge on any atom is -0.496 e. The van der Waals surface area contributed by atoms with Gasteiger partial charge in [0, 0.05) is 54.3 Å². The summed E-state index contributed by atoms with van der Waals surface area (Å²) in [5, 5.41) is 16.1. The zero-order chi connectivity index (χ0) is 29.4. The number of nitro benzene ring substituents is 1. The van der Waals surface area contributed by atoms with Gasteiger partial charge in [-0.3, -0.25) is 14.9 Å². The molecule has 1 aromatic heterocycles. The van der Waals surface area contributed by atoms with Crippen LogP contribution in [0.15, 0.2) is 53.5 Å². The van der Waals surface area contributed by atoms with E-state index >= 15 is 0 Å². The second-order valence-corrected chi connectivity index (χ2v) is 13.0. The van der Waals surface area contributed by atoms with Gasteiger partial charge in [-0.25, -0.2) is 8.42 Å². The maximum atomic E-state index is 13.6. The summed E-state index contributed by atoms with van der Waals surface area (Å²) in [5.74, 6) is -0.0248. The van der Waals surface area contributed by atoms with Crippen LogP contribution >= 0.6 is 11.6 Å². The Morgan fingerprint density at radius 3 is 2.49 bits per heavy atom. The molecular formula is C27H30ClN5O7S. The maximum absolute atomic E-state index is 13.6. The van der Waals surface area contributed by atoms with Gasteiger partial charge in [-0.05, 0) is 37.1 Å². The lowest BCUT2D eigenvalue weighted by Gasteiger charge is -2.35. The van der Waals surface area contributed by atoms with Gasteiger partial charge in [0.05, 0.1) is 36.3 Å². The number of aromatic nitrogens is 2. The van der Waals surface area contributed by atoms with Gasteiger partial charge in [-0.1, -0.05) is 24.6 Å². The summed E-state index contributed by atoms with van der Waals surface area (Å²) in [6, 6.07) is 10.7. The molecule has 3 aromatic rings. The molecule has 2 fully saturated rings. The van der Waals surface area contributed by atoms with E-state index in [2.05, 4.69) is 12.0 Å². The molecule has 0 N–H and O–H groups in total. The lowest BCUT2D eigenvalue weighted by atomic mass is 10.2. The van der Waals surface area contributed by atoms with Crippen molar-refractivity contribution in [2.24, 2.45) is 5.41 Å². The predicted octanol–water partition coefficient (Wildman–Crippen LogP) is 3.63. The fourth-order valence-electron chi connectivity index (χ4n) is 4.67. The first-order valence-corrected chi connectivity index (χ1v) is 15.0. The molecule has 218 valence electrons. The first-order valence-electron chi connectivity index (χ1n) is 13.0. The number of ether oxygens (including phenoxy) is 2. The van der Waals surface area contributed by atoms with Crippen LogP contribution in [-0.4, -0.2) is 67.3 Å². The van der Waals surface area contributed by atoms with Crippen LogP contribution in [0.4, 0.5) is 11.4 Å². The highest BCUT2D eigenvalue weighted by molar-refractivity contribution is 7.88. The van der Waals surface area contributed by atoms with E-state index in [9.17, 15) is 23.3 Å². The van der Waals surface area contributed by atoms with E-state index < -0.39 is 26.3 Å². The minimum absolute atomic E-state index is 0.0220. The Labute approximate surface area is 242 Å². The van der Waals surface area contributed by atoms with Crippen LogP contribution in [0, 0.1) is 15.5 Å². The van der Waals surface area contributed by atoms with E-state index in [1.165, 1.54) is 34.3 Å². The normalized spacial score (nSPS) is 16.8. The molecule has 2 aromatic carbocycles. The number of anilines is 1. The number of halogens is 1. The number of benzene rings is 2. The van der Waals surface area contributed by atoms with Gasteiger partial charge < -0.3 is 14.4 Å². The summed E-state index contributed by atoms with van der Waals surface area (Å²) < 4.78 is 40.5. The van der Waals surface area contributed by atoms with Crippen LogP contribution in [0.1, 0.15) is 25.3 Å². The number of non-ortho nitro benzene ring substituents is 1. The molecule has 1 saturated heterocycles. The number of nitrogens with zero attached hydrogens (tertiary/aromatic N) is 5. The standard InChI is InChI=1S/C27H30ClN5O7S/c1-27(8-9-27)18-40-25-23(16-29-32(26(25)34)21-5-3-4-20(28)15-21)30-10-12-31(13-11-30)41(37,38)17-19-14-22(33(35)36)6-7-24(19)39-2/h3-7,14-16H,8-13,17-18H2,1-2H3. The van der Waals surface area contributed by atoms with Crippen LogP contribution in [0.25, 0.3) is 5.69 Å². The van der Waals surface area contributed by atoms with Crippen molar-refractivity contribution < 1.29 is 22.8 Å². The molecule has 0 amide bonds. The molecule has 0 radical (unpaired) electrons. The first-order chi connectivity index (χ1) is 19.5. The number of methoxy groups -OCH3 is 1. The molecular weight excluding hydrogens is 574 g/mol. The SMILES string of the molecule is COc1ccc([N+](=O)[O-])cc1CS(=O)(=O)N1CCN(c2cnn(-c3cccc(Cl)c3)c(=O)c2OCC2(C)CC2)CC1. The summed E-state index contributed by atoms with van der Waals surface area (Å²) in [6.07, 6.45) is 3.59. The fraction of sp³-hybridized carbons (Fsp3) is 0.407. The lowest BCUT2D eigenvalue weighted by Crippen LogP contribution is -2.49. The van der Waals surface area contributed by atoms with Gasteiger partial charge in [0.15, 0.2) is 0 Å². The molecule has 2 heterocycles. The fourth-order valence-corrected chi connectivity index (χ4v) is 6.38. The molecule has 0 atom stereocenters. The molecule has 2 aliphatic rings. The number of nitro groups is 1. The van der Waals surface area contributed by atoms with Gasteiger partial charge >= 0.3 is 5.56 Å². The second-order valence-electron chi connectivity index (χ2n) is 10.6. The Morgan fingerprint density at radius 1 is 1.12 bits per heavy atom. The first kappa shape index (κ1) is 28.8. The van der Waals surface area contributed by atoms with Crippen molar-refractivity contribution in [2.45, 2.75) is 25.5 Å². The van der Waals surface area contributed by atoms with Crippen LogP contribution in [0.2, 0.25) is 5.02 Å². The molecule has 1 saturated carbocycles. The molecule has 1 aliphatic carbocycles. The zero-order valence-corrected chi connectivity index (χ0v) is 24.2. The number of hydrogen-bond donors (Lipinski definition) is 0. The lowest BCUT2D eigenvalue weighted by molar-refractivity contribution is -0.384. The van der Waals surface area contributed by atoms with Crippen LogP contribution in [-0.2, 0) is 15.8 Å². The average Bonchev–Trinajstić information content (AvgIpc) is 3.69. The molecule has 5 rings (SSSR count). The number of rotatable bonds is 10. The highest BCUT2D eigenvalue weighted by Crippen LogP contribution is 2.45. The Bertz CT molecular complexity index is 1630. The van der Waals surface area contributed by atoms with E-state index in [-0.39, 0.29) is 41.3 Å². The molecule has 41 heavy (non-hydrogen) atoms. The van der Waals surface area contributed by atoms with E-state index in [0.29, 0.717) is 36.1 Å². The van der Waals surface area contributed by atoms with Gasteiger partial charge in [0.2, 0.25) is 15.8 Å². The van der Waals surface area contributed by atoms with Crippen LogP contribution in [0.3, 0.4) is 0 Å². The summed E-state index contributed by atoms with van der Waals surface area (Å²) in [7, 11) is -2.44. The molecule has 0 bridgehead atoms. The van der Waals surface area contributed by atoms with Gasteiger partial charge in [-0.15, -0.1) is 0 Å². The maximum Gasteiger partial charge on any atom is 0.316 e. The Kier molecular flexibility index (Phi) is 7.95. The predicted molar refractivity (Wildman–Crippen MR) is 154 cm³/mol. The van der Waals surface area contributed by atoms with Crippen LogP contribution in [0.5, 0.6) is 11.5 Å². The Hall–Kier alpha value is -3.68. The smallest absolute Gasteiger partial charge is 0.316 e. The molecule has 1 aliphatic heterocycles. The van der Waals surface area contributed by atoms with Crippen molar-refractivity contribution >= 4 is 33.0 Å². The highest BCUT2D eigenvalue weighted by Gasteiger charge is 2.39. The highest BCUT2D eigenvalue weighted by atomic mass is 35.5. The van der Waals surface area contributed by atoms with Crippen molar-refractivity contribution in [3.05, 3.63) is 79.7 Å². The van der Waals surface area contributed by atoms with Crippen LogP contribution < -0.4 is 19.9 Å². The molecule has 0 spiro atoms. The number of sulfonamides is 1. The van der Waals surface area contributed by atoms with Crippen molar-refractivity contribution in [1.29, 1.82) is 0 Å². The third kappa shape index (κ3) is 6.31. The quantitative estimate of drug-likeness (QED) is 0.251. The van der Waals surface area contributed by atoms with Gasteiger partial charge in [0.1, 0.15) is 11.4 Å². The number of hydrogen-bond acceptors (Lipinski definition) is 9. The zero-order valence-electron chi connectivity index (χ0n) is 22.7. The third-order valence-corrected chi connectivity index (χ3v) is 9.48. The summed E-state index contributed by atoms with van der Waals surface area (Å²) in [6.45, 7) is 3.36. The molecule has 14 heteroatoms. The minimum atomic E-state index is -3.82. The van der Waals surface area contributed by atoms with E-state index in [0.717, 1.165) is 12.8 Å².